The van der Waals surface area contributed by atoms with Crippen molar-refractivity contribution in [3.63, 3.8) is 0 Å². The van der Waals surface area contributed by atoms with Crippen LogP contribution in [-0.4, -0.2) is 34.1 Å². The van der Waals surface area contributed by atoms with E-state index in [-0.39, 0.29) is 28.1 Å². The molecule has 6 nitrogen and oxygen atoms in total. The Balaban J connectivity index is 3.03. The van der Waals surface area contributed by atoms with Gasteiger partial charge >= 0.3 is 5.97 Å². The summed E-state index contributed by atoms with van der Waals surface area (Å²) >= 11 is 5.95. The third-order valence-electron chi connectivity index (χ3n) is 3.02. The van der Waals surface area contributed by atoms with Crippen molar-refractivity contribution in [3.8, 4) is 0 Å². The first-order valence-corrected chi connectivity index (χ1v) is 8.67. The topological polar surface area (TPSA) is 98.5 Å². The lowest BCUT2D eigenvalue weighted by atomic mass is 10.1. The van der Waals surface area contributed by atoms with Crippen molar-refractivity contribution < 1.29 is 17.9 Å². The van der Waals surface area contributed by atoms with E-state index in [2.05, 4.69) is 9.46 Å². The summed E-state index contributed by atoms with van der Waals surface area (Å²) in [6.07, 6.45) is 0.629. The lowest BCUT2D eigenvalue weighted by molar-refractivity contribution is 0.0601. The smallest absolute Gasteiger partial charge is 0.339 e. The zero-order valence-electron chi connectivity index (χ0n) is 12.8. The van der Waals surface area contributed by atoms with Crippen LogP contribution >= 0.6 is 11.6 Å². The van der Waals surface area contributed by atoms with Crippen molar-refractivity contribution in [1.82, 2.24) is 4.72 Å². The van der Waals surface area contributed by atoms with Gasteiger partial charge in [-0.15, -0.1) is 0 Å². The molecule has 1 rings (SSSR count). The first-order chi connectivity index (χ1) is 10.2. The highest BCUT2D eigenvalue weighted by molar-refractivity contribution is 7.89. The van der Waals surface area contributed by atoms with Gasteiger partial charge in [0.1, 0.15) is 0 Å². The van der Waals surface area contributed by atoms with E-state index in [1.807, 2.05) is 13.8 Å². The van der Waals surface area contributed by atoms with Gasteiger partial charge in [-0.3, -0.25) is 0 Å². The van der Waals surface area contributed by atoms with Crippen LogP contribution in [0.3, 0.4) is 0 Å². The molecular weight excluding hydrogens is 328 g/mol. The molecular formula is C14H21ClN2O4S. The Morgan fingerprint density at radius 1 is 1.41 bits per heavy atom. The van der Waals surface area contributed by atoms with Crippen LogP contribution in [0.25, 0.3) is 0 Å². The van der Waals surface area contributed by atoms with E-state index >= 15 is 0 Å². The molecule has 0 saturated heterocycles. The minimum atomic E-state index is -3.76. The van der Waals surface area contributed by atoms with Gasteiger partial charge < -0.3 is 10.5 Å². The van der Waals surface area contributed by atoms with Crippen molar-refractivity contribution in [2.75, 3.05) is 13.7 Å². The number of hydrogen-bond acceptors (Lipinski definition) is 5. The predicted octanol–water partition coefficient (Wildman–Crippen LogP) is 1.78. The molecule has 0 radical (unpaired) electrons. The van der Waals surface area contributed by atoms with Crippen LogP contribution in [-0.2, 0) is 14.8 Å². The van der Waals surface area contributed by atoms with Gasteiger partial charge in [0.05, 0.1) is 22.6 Å². The summed E-state index contributed by atoms with van der Waals surface area (Å²) in [5, 5.41) is 0.0166. The first-order valence-electron chi connectivity index (χ1n) is 6.81. The van der Waals surface area contributed by atoms with Crippen LogP contribution in [0.4, 0.5) is 0 Å². The van der Waals surface area contributed by atoms with Gasteiger partial charge in [0.15, 0.2) is 0 Å². The Kier molecular flexibility index (Phi) is 6.80. The Bertz CT molecular complexity index is 632. The lowest BCUT2D eigenvalue weighted by Crippen LogP contribution is -2.41. The van der Waals surface area contributed by atoms with Gasteiger partial charge in [-0.05, 0) is 30.5 Å². The molecule has 0 fully saturated rings. The minimum absolute atomic E-state index is 0.0166. The zero-order valence-corrected chi connectivity index (χ0v) is 14.4. The summed E-state index contributed by atoms with van der Waals surface area (Å²) < 4.78 is 31.8. The Labute approximate surface area is 136 Å². The zero-order chi connectivity index (χ0) is 16.9. The fourth-order valence-corrected chi connectivity index (χ4v) is 3.60. The minimum Gasteiger partial charge on any atom is -0.465 e. The van der Waals surface area contributed by atoms with E-state index in [1.165, 1.54) is 25.3 Å². The number of sulfonamides is 1. The number of benzene rings is 1. The molecule has 0 aliphatic heterocycles. The number of halogens is 1. The summed E-state index contributed by atoms with van der Waals surface area (Å²) in [5.74, 6) is -0.317. The highest BCUT2D eigenvalue weighted by Crippen LogP contribution is 2.22. The summed E-state index contributed by atoms with van der Waals surface area (Å²) in [5.41, 5.74) is 5.72. The third-order valence-corrected chi connectivity index (χ3v) is 4.85. The first kappa shape index (κ1) is 18.9. The summed E-state index contributed by atoms with van der Waals surface area (Å²) in [7, 11) is -2.53. The standard InChI is InChI=1S/C14H21ClN2O4S/c1-9(2)6-10(8-16)17-22(19,20)11-4-5-12(13(15)7-11)14(18)21-3/h4-5,7,9-10,17H,6,8,16H2,1-3H3. The van der Waals surface area contributed by atoms with Crippen LogP contribution in [0.1, 0.15) is 30.6 Å². The molecule has 124 valence electrons. The van der Waals surface area contributed by atoms with Crippen molar-refractivity contribution in [3.05, 3.63) is 28.8 Å². The molecule has 0 bridgehead atoms. The van der Waals surface area contributed by atoms with Crippen molar-refractivity contribution in [2.24, 2.45) is 11.7 Å². The lowest BCUT2D eigenvalue weighted by Gasteiger charge is -2.19. The number of rotatable bonds is 7. The molecule has 0 heterocycles. The summed E-state index contributed by atoms with van der Waals surface area (Å²) in [6.45, 7) is 4.17. The monoisotopic (exact) mass is 348 g/mol. The molecule has 22 heavy (non-hydrogen) atoms. The van der Waals surface area contributed by atoms with E-state index in [1.54, 1.807) is 0 Å². The van der Waals surface area contributed by atoms with Crippen LogP contribution in [0.5, 0.6) is 0 Å². The van der Waals surface area contributed by atoms with Crippen molar-refractivity contribution >= 4 is 27.6 Å². The number of nitrogens with two attached hydrogens (primary N) is 1. The van der Waals surface area contributed by atoms with Gasteiger partial charge in [0, 0.05) is 12.6 Å². The number of methoxy groups -OCH3 is 1. The predicted molar refractivity (Wildman–Crippen MR) is 85.4 cm³/mol. The highest BCUT2D eigenvalue weighted by Gasteiger charge is 2.22. The number of esters is 1. The molecule has 0 aliphatic rings. The number of hydrogen-bond donors (Lipinski definition) is 2. The number of nitrogens with one attached hydrogen (secondary N) is 1. The summed E-state index contributed by atoms with van der Waals surface area (Å²) in [6, 6.07) is 3.49. The largest absolute Gasteiger partial charge is 0.465 e. The van der Waals surface area contributed by atoms with Gasteiger partial charge in [-0.2, -0.15) is 0 Å². The average Bonchev–Trinajstić information content (AvgIpc) is 2.44. The maximum absolute atomic E-state index is 12.3. The molecule has 0 aliphatic carbocycles. The Morgan fingerprint density at radius 3 is 2.50 bits per heavy atom. The Morgan fingerprint density at radius 2 is 2.05 bits per heavy atom. The van der Waals surface area contributed by atoms with E-state index in [0.29, 0.717) is 12.3 Å². The molecule has 0 saturated carbocycles. The molecule has 1 aromatic rings. The molecule has 1 unspecified atom stereocenters. The van der Waals surface area contributed by atoms with Crippen LogP contribution in [0.2, 0.25) is 5.02 Å². The van der Waals surface area contributed by atoms with Gasteiger partial charge in [0.2, 0.25) is 10.0 Å². The molecule has 1 aromatic carbocycles. The van der Waals surface area contributed by atoms with E-state index in [4.69, 9.17) is 17.3 Å². The van der Waals surface area contributed by atoms with E-state index < -0.39 is 16.0 Å². The molecule has 3 N–H and O–H groups in total. The third kappa shape index (κ3) is 4.95. The van der Waals surface area contributed by atoms with Gasteiger partial charge in [0.25, 0.3) is 0 Å². The second kappa shape index (κ2) is 7.92. The maximum Gasteiger partial charge on any atom is 0.339 e. The molecule has 8 heteroatoms. The average molecular weight is 349 g/mol. The Hall–Kier alpha value is -1.15. The summed E-state index contributed by atoms with van der Waals surface area (Å²) in [4.78, 5) is 11.4. The van der Waals surface area contributed by atoms with Crippen LogP contribution in [0.15, 0.2) is 23.1 Å². The molecule has 0 amide bonds. The molecule has 1 atom stereocenters. The quantitative estimate of drug-likeness (QED) is 0.732. The maximum atomic E-state index is 12.3. The van der Waals surface area contributed by atoms with E-state index in [9.17, 15) is 13.2 Å². The number of carbonyl (C=O) groups excluding carboxylic acids is 1. The SMILES string of the molecule is COC(=O)c1ccc(S(=O)(=O)NC(CN)CC(C)C)cc1Cl. The fraction of sp³-hybridized carbons (Fsp3) is 0.500. The van der Waals surface area contributed by atoms with E-state index in [0.717, 1.165) is 0 Å². The second-order valence-electron chi connectivity index (χ2n) is 5.32. The normalized spacial score (nSPS) is 13.2. The number of carbonyl (C=O) groups is 1. The van der Waals surface area contributed by atoms with Crippen molar-refractivity contribution in [2.45, 2.75) is 31.2 Å². The van der Waals surface area contributed by atoms with Crippen LogP contribution < -0.4 is 10.5 Å². The molecule has 0 aromatic heterocycles. The molecule has 0 spiro atoms. The highest BCUT2D eigenvalue weighted by atomic mass is 35.5. The number of ether oxygens (including phenoxy) is 1. The fourth-order valence-electron chi connectivity index (χ4n) is 1.99. The van der Waals surface area contributed by atoms with Gasteiger partial charge in [-0.1, -0.05) is 25.4 Å². The van der Waals surface area contributed by atoms with Crippen LogP contribution in [0, 0.1) is 5.92 Å². The van der Waals surface area contributed by atoms with Crippen molar-refractivity contribution in [1.29, 1.82) is 0 Å². The second-order valence-corrected chi connectivity index (χ2v) is 7.44. The van der Waals surface area contributed by atoms with Gasteiger partial charge in [-0.25, -0.2) is 17.9 Å².